The Bertz CT molecular complexity index is 545. The van der Waals surface area contributed by atoms with Crippen LogP contribution in [0.3, 0.4) is 0 Å². The van der Waals surface area contributed by atoms with Crippen LogP contribution >= 0.6 is 0 Å². The summed E-state index contributed by atoms with van der Waals surface area (Å²) in [6.07, 6.45) is 0.0410. The van der Waals surface area contributed by atoms with Gasteiger partial charge in [0.2, 0.25) is 5.84 Å². The highest BCUT2D eigenvalue weighted by atomic mass is 16.5. The Morgan fingerprint density at radius 1 is 1.45 bits per heavy atom. The zero-order valence-corrected chi connectivity index (χ0v) is 13.4. The molecule has 3 atom stereocenters. The minimum Gasteiger partial charge on any atom is -0.376 e. The molecule has 0 aliphatic carbocycles. The van der Waals surface area contributed by atoms with Crippen molar-refractivity contribution in [1.82, 2.24) is 9.80 Å². The lowest BCUT2D eigenvalue weighted by atomic mass is 9.93. The molecule has 2 rings (SSSR count). The highest BCUT2D eigenvalue weighted by Gasteiger charge is 2.48. The standard InChI is InChI=1S/C14H22N4O4/c1-8-7-18(5-6-22-8)9(2)11(19)10-12(15)16(3)14(21)17(4)13(10)20/h8-10,15H,5-7H2,1-4H3/p+1. The number of ketones is 1. The van der Waals surface area contributed by atoms with Gasteiger partial charge >= 0.3 is 11.9 Å². The van der Waals surface area contributed by atoms with Gasteiger partial charge in [-0.05, 0) is 13.8 Å². The second-order valence-corrected chi connectivity index (χ2v) is 5.85. The van der Waals surface area contributed by atoms with Crippen molar-refractivity contribution in [2.45, 2.75) is 26.0 Å². The monoisotopic (exact) mass is 311 g/mol. The average Bonchev–Trinajstić information content (AvgIpc) is 2.50. The number of Topliss-reactive ketones (excluding diaryl/α,β-unsaturated/α-hetero) is 1. The molecule has 0 bridgehead atoms. The fourth-order valence-corrected chi connectivity index (χ4v) is 2.83. The lowest BCUT2D eigenvalue weighted by Crippen LogP contribution is -2.60. The summed E-state index contributed by atoms with van der Waals surface area (Å²) in [5, 5.41) is 0. The zero-order chi connectivity index (χ0) is 16.6. The first-order valence-electron chi connectivity index (χ1n) is 7.32. The highest BCUT2D eigenvalue weighted by Crippen LogP contribution is 2.17. The van der Waals surface area contributed by atoms with E-state index in [1.165, 1.54) is 14.1 Å². The molecule has 0 saturated carbocycles. The summed E-state index contributed by atoms with van der Waals surface area (Å²) in [5.74, 6) is -1.98. The molecule has 1 saturated heterocycles. The van der Waals surface area contributed by atoms with Crippen LogP contribution in [0, 0.1) is 5.92 Å². The molecule has 0 spiro atoms. The van der Waals surface area contributed by atoms with E-state index in [1.807, 2.05) is 11.8 Å². The van der Waals surface area contributed by atoms with Crippen molar-refractivity contribution in [3.05, 3.63) is 0 Å². The van der Waals surface area contributed by atoms with Gasteiger partial charge in [-0.2, -0.15) is 4.90 Å². The van der Waals surface area contributed by atoms with Crippen LogP contribution in [0.1, 0.15) is 13.8 Å². The summed E-state index contributed by atoms with van der Waals surface area (Å²) in [5.41, 5.74) is 5.87. The summed E-state index contributed by atoms with van der Waals surface area (Å²) >= 11 is 0. The fraction of sp³-hybridized carbons (Fsp3) is 0.714. The van der Waals surface area contributed by atoms with Crippen molar-refractivity contribution in [3.8, 4) is 0 Å². The molecule has 8 nitrogen and oxygen atoms in total. The van der Waals surface area contributed by atoms with Crippen LogP contribution in [0.4, 0.5) is 4.79 Å². The van der Waals surface area contributed by atoms with Crippen molar-refractivity contribution >= 4 is 23.6 Å². The third kappa shape index (κ3) is 2.76. The number of urea groups is 1. The van der Waals surface area contributed by atoms with Crippen LogP contribution in [0.15, 0.2) is 0 Å². The Kier molecular flexibility index (Phi) is 4.62. The van der Waals surface area contributed by atoms with E-state index in [9.17, 15) is 14.4 Å². The number of morpholine rings is 1. The SMILES string of the molecule is CC1CN(C(C)C(=O)C2C(=O)N(C)C(=O)[N+](C)=C2N)CCO1. The van der Waals surface area contributed by atoms with Crippen LogP contribution in [0.25, 0.3) is 0 Å². The molecule has 122 valence electrons. The van der Waals surface area contributed by atoms with Crippen LogP contribution in [0.5, 0.6) is 0 Å². The van der Waals surface area contributed by atoms with Crippen LogP contribution in [-0.2, 0) is 14.3 Å². The Morgan fingerprint density at radius 2 is 2.09 bits per heavy atom. The molecule has 0 radical (unpaired) electrons. The minimum atomic E-state index is -1.11. The maximum absolute atomic E-state index is 12.8. The first kappa shape index (κ1) is 16.6. The number of rotatable bonds is 3. The quantitative estimate of drug-likeness (QED) is 0.523. The van der Waals surface area contributed by atoms with Crippen molar-refractivity contribution in [2.24, 2.45) is 11.7 Å². The molecule has 2 N–H and O–H groups in total. The fourth-order valence-electron chi connectivity index (χ4n) is 2.83. The van der Waals surface area contributed by atoms with E-state index in [1.54, 1.807) is 6.92 Å². The smallest absolute Gasteiger partial charge is 0.376 e. The van der Waals surface area contributed by atoms with Gasteiger partial charge in [0.25, 0.3) is 0 Å². The van der Waals surface area contributed by atoms with E-state index in [0.717, 1.165) is 9.48 Å². The Labute approximate surface area is 129 Å². The lowest BCUT2D eigenvalue weighted by Gasteiger charge is -2.36. The molecule has 22 heavy (non-hydrogen) atoms. The first-order chi connectivity index (χ1) is 10.3. The Balaban J connectivity index is 2.24. The molecular formula is C14H23N4O4+. The number of hydrogen-bond donors (Lipinski definition) is 1. The summed E-state index contributed by atoms with van der Waals surface area (Å²) in [6, 6.07) is -0.993. The lowest BCUT2D eigenvalue weighted by molar-refractivity contribution is -0.407. The molecule has 2 aliphatic heterocycles. The summed E-state index contributed by atoms with van der Waals surface area (Å²) < 4.78 is 6.61. The topological polar surface area (TPSA) is 96.0 Å². The number of carbonyl (C=O) groups excluding carboxylic acids is 3. The number of ether oxygens (including phenoxy) is 1. The van der Waals surface area contributed by atoms with E-state index in [2.05, 4.69) is 0 Å². The van der Waals surface area contributed by atoms with Crippen molar-refractivity contribution in [2.75, 3.05) is 33.8 Å². The largest absolute Gasteiger partial charge is 0.445 e. The number of nitrogens with two attached hydrogens (primary N) is 1. The van der Waals surface area contributed by atoms with Crippen molar-refractivity contribution in [3.63, 3.8) is 0 Å². The van der Waals surface area contributed by atoms with Crippen LogP contribution < -0.4 is 5.73 Å². The van der Waals surface area contributed by atoms with Gasteiger partial charge in [-0.3, -0.25) is 14.5 Å². The number of hydrogen-bond acceptors (Lipinski definition) is 6. The third-order valence-corrected chi connectivity index (χ3v) is 4.35. The number of nitrogens with zero attached hydrogens (tertiary/aromatic N) is 3. The molecule has 0 aromatic rings. The summed E-state index contributed by atoms with van der Waals surface area (Å²) in [6.45, 7) is 5.50. The van der Waals surface area contributed by atoms with Gasteiger partial charge in [0, 0.05) is 13.1 Å². The highest BCUT2D eigenvalue weighted by molar-refractivity contribution is 6.23. The Morgan fingerprint density at radius 3 is 2.68 bits per heavy atom. The Hall–Kier alpha value is -1.80. The van der Waals surface area contributed by atoms with Crippen molar-refractivity contribution < 1.29 is 23.7 Å². The second kappa shape index (κ2) is 6.13. The maximum Gasteiger partial charge on any atom is 0.445 e. The van der Waals surface area contributed by atoms with E-state index < -0.39 is 23.9 Å². The van der Waals surface area contributed by atoms with E-state index in [0.29, 0.717) is 19.7 Å². The predicted molar refractivity (Wildman–Crippen MR) is 78.5 cm³/mol. The molecular weight excluding hydrogens is 288 g/mol. The third-order valence-electron chi connectivity index (χ3n) is 4.35. The van der Waals surface area contributed by atoms with E-state index in [4.69, 9.17) is 10.5 Å². The maximum atomic E-state index is 12.8. The minimum absolute atomic E-state index is 0.00809. The second-order valence-electron chi connectivity index (χ2n) is 5.85. The summed E-state index contributed by atoms with van der Waals surface area (Å²) in [7, 11) is 2.82. The van der Waals surface area contributed by atoms with E-state index in [-0.39, 0.29) is 17.7 Å². The van der Waals surface area contributed by atoms with E-state index >= 15 is 0 Å². The molecule has 1 fully saturated rings. The molecule has 2 heterocycles. The molecule has 3 amide bonds. The van der Waals surface area contributed by atoms with Crippen LogP contribution in [-0.4, -0.2) is 83.9 Å². The molecule has 2 aliphatic rings. The number of imide groups is 1. The molecule has 3 unspecified atom stereocenters. The van der Waals surface area contributed by atoms with Gasteiger partial charge in [0.1, 0.15) is 0 Å². The van der Waals surface area contributed by atoms with Gasteiger partial charge in [0.05, 0.1) is 32.8 Å². The zero-order valence-electron chi connectivity index (χ0n) is 13.4. The average molecular weight is 311 g/mol. The number of amidine groups is 1. The van der Waals surface area contributed by atoms with Gasteiger partial charge < -0.3 is 10.5 Å². The molecule has 0 aromatic carbocycles. The molecule has 0 aromatic heterocycles. The number of carbonyl (C=O) groups is 3. The number of amides is 3. The van der Waals surface area contributed by atoms with Crippen molar-refractivity contribution in [1.29, 1.82) is 0 Å². The van der Waals surface area contributed by atoms with Gasteiger partial charge in [-0.1, -0.05) is 0 Å². The van der Waals surface area contributed by atoms with Crippen LogP contribution in [0.2, 0.25) is 0 Å². The normalized spacial score (nSPS) is 29.0. The molecule has 8 heteroatoms. The van der Waals surface area contributed by atoms with Gasteiger partial charge in [-0.15, -0.1) is 0 Å². The summed E-state index contributed by atoms with van der Waals surface area (Å²) in [4.78, 5) is 39.8. The van der Waals surface area contributed by atoms with Gasteiger partial charge in [0.15, 0.2) is 11.7 Å². The van der Waals surface area contributed by atoms with Gasteiger partial charge in [-0.25, -0.2) is 9.37 Å². The predicted octanol–water partition coefficient (Wildman–Crippen LogP) is -1.13. The first-order valence-corrected chi connectivity index (χ1v) is 7.32.